The van der Waals surface area contributed by atoms with Gasteiger partial charge in [0, 0.05) is 12.6 Å². The van der Waals surface area contributed by atoms with E-state index in [1.54, 1.807) is 16.9 Å². The summed E-state index contributed by atoms with van der Waals surface area (Å²) in [6.07, 6.45) is 11.3. The van der Waals surface area contributed by atoms with Crippen LogP contribution in [0.25, 0.3) is 5.65 Å². The zero-order valence-electron chi connectivity index (χ0n) is 11.6. The van der Waals surface area contributed by atoms with E-state index in [0.29, 0.717) is 5.65 Å². The molecule has 2 heterocycles. The monoisotopic (exact) mass is 275 g/mol. The number of anilines is 1. The van der Waals surface area contributed by atoms with Gasteiger partial charge in [0.25, 0.3) is 0 Å². The summed E-state index contributed by atoms with van der Waals surface area (Å²) in [5.41, 5.74) is 0.662. The molecule has 0 spiro atoms. The molecular weight excluding hydrogens is 254 g/mol. The molecule has 108 valence electrons. The second-order valence-electron chi connectivity index (χ2n) is 5.31. The second kappa shape index (κ2) is 6.60. The van der Waals surface area contributed by atoms with Crippen LogP contribution in [0, 0.1) is 0 Å². The number of nitrogens with one attached hydrogen (secondary N) is 2. The highest BCUT2D eigenvalue weighted by molar-refractivity contribution is 5.43. The molecule has 0 radical (unpaired) electrons. The Kier molecular flexibility index (Phi) is 4.37. The average Bonchev–Trinajstić information content (AvgIpc) is 2.97. The van der Waals surface area contributed by atoms with Crippen molar-refractivity contribution in [3.8, 4) is 0 Å². The van der Waals surface area contributed by atoms with Crippen molar-refractivity contribution in [3.05, 3.63) is 12.4 Å². The molecule has 2 aromatic rings. The summed E-state index contributed by atoms with van der Waals surface area (Å²) in [6, 6.07) is 0.730. The van der Waals surface area contributed by atoms with Crippen LogP contribution in [0.5, 0.6) is 0 Å². The first-order valence-corrected chi connectivity index (χ1v) is 7.43. The lowest BCUT2D eigenvalue weighted by Gasteiger charge is -2.22. The Bertz CT molecular complexity index is 532. The SMILES string of the molecule is c1ncc2nnnn2c1NCCCNC1CCCCC1. The minimum atomic E-state index is 0.662. The molecule has 2 aromatic heterocycles. The van der Waals surface area contributed by atoms with Gasteiger partial charge in [-0.15, -0.1) is 5.10 Å². The molecule has 0 unspecified atom stereocenters. The fourth-order valence-electron chi connectivity index (χ4n) is 2.71. The van der Waals surface area contributed by atoms with Crippen molar-refractivity contribution in [1.29, 1.82) is 0 Å². The Hall–Kier alpha value is -1.76. The Morgan fingerprint density at radius 1 is 1.15 bits per heavy atom. The maximum absolute atomic E-state index is 4.12. The zero-order chi connectivity index (χ0) is 13.6. The highest BCUT2D eigenvalue weighted by atomic mass is 15.5. The number of hydrogen-bond acceptors (Lipinski definition) is 6. The number of fused-ring (bicyclic) bond motifs is 1. The maximum Gasteiger partial charge on any atom is 0.199 e. The molecule has 7 heteroatoms. The summed E-state index contributed by atoms with van der Waals surface area (Å²) < 4.78 is 1.67. The highest BCUT2D eigenvalue weighted by Crippen LogP contribution is 2.17. The van der Waals surface area contributed by atoms with Gasteiger partial charge in [-0.05, 0) is 36.2 Å². The first-order chi connectivity index (χ1) is 9.93. The van der Waals surface area contributed by atoms with Crippen LogP contribution in [-0.2, 0) is 0 Å². The minimum Gasteiger partial charge on any atom is -0.369 e. The normalized spacial score (nSPS) is 16.6. The van der Waals surface area contributed by atoms with Crippen molar-refractivity contribution in [2.75, 3.05) is 18.4 Å². The predicted octanol–water partition coefficient (Wildman–Crippen LogP) is 1.24. The molecule has 2 N–H and O–H groups in total. The molecule has 1 saturated carbocycles. The summed E-state index contributed by atoms with van der Waals surface area (Å²) in [5, 5.41) is 18.4. The fourth-order valence-corrected chi connectivity index (χ4v) is 2.71. The standard InChI is InChI=1S/C13H21N7/c1-2-5-11(6-3-1)15-7-4-8-16-12-9-14-10-13-17-18-19-20(12)13/h9-11,15-16H,1-8H2. The van der Waals surface area contributed by atoms with Crippen LogP contribution < -0.4 is 10.6 Å². The predicted molar refractivity (Wildman–Crippen MR) is 76.6 cm³/mol. The van der Waals surface area contributed by atoms with Crippen LogP contribution in [-0.4, -0.2) is 44.2 Å². The van der Waals surface area contributed by atoms with Crippen molar-refractivity contribution in [1.82, 2.24) is 30.3 Å². The molecule has 0 aromatic carbocycles. The van der Waals surface area contributed by atoms with Gasteiger partial charge in [-0.2, -0.15) is 4.52 Å². The highest BCUT2D eigenvalue weighted by Gasteiger charge is 2.11. The number of hydrogen-bond donors (Lipinski definition) is 2. The lowest BCUT2D eigenvalue weighted by molar-refractivity contribution is 0.373. The van der Waals surface area contributed by atoms with Crippen molar-refractivity contribution in [2.24, 2.45) is 0 Å². The Morgan fingerprint density at radius 2 is 2.05 bits per heavy atom. The van der Waals surface area contributed by atoms with E-state index in [0.717, 1.165) is 31.4 Å². The maximum atomic E-state index is 4.12. The summed E-state index contributed by atoms with van der Waals surface area (Å²) in [4.78, 5) is 4.12. The average molecular weight is 275 g/mol. The second-order valence-corrected chi connectivity index (χ2v) is 5.31. The van der Waals surface area contributed by atoms with Crippen molar-refractivity contribution in [2.45, 2.75) is 44.6 Å². The molecule has 1 fully saturated rings. The van der Waals surface area contributed by atoms with Crippen LogP contribution in [0.15, 0.2) is 12.4 Å². The molecule has 3 rings (SSSR count). The van der Waals surface area contributed by atoms with Crippen LogP contribution in [0.1, 0.15) is 38.5 Å². The lowest BCUT2D eigenvalue weighted by atomic mass is 9.95. The van der Waals surface area contributed by atoms with E-state index in [1.807, 2.05) is 0 Å². The topological polar surface area (TPSA) is 80.0 Å². The summed E-state index contributed by atoms with van der Waals surface area (Å²) >= 11 is 0. The van der Waals surface area contributed by atoms with Crippen molar-refractivity contribution in [3.63, 3.8) is 0 Å². The molecular formula is C13H21N7. The van der Waals surface area contributed by atoms with Gasteiger partial charge in [-0.3, -0.25) is 4.98 Å². The van der Waals surface area contributed by atoms with Gasteiger partial charge in [-0.1, -0.05) is 19.3 Å². The third-order valence-corrected chi connectivity index (χ3v) is 3.81. The quantitative estimate of drug-likeness (QED) is 0.772. The third-order valence-electron chi connectivity index (χ3n) is 3.81. The Morgan fingerprint density at radius 3 is 2.95 bits per heavy atom. The van der Waals surface area contributed by atoms with E-state index >= 15 is 0 Å². The number of tetrazole rings is 1. The number of rotatable bonds is 6. The molecule has 1 aliphatic rings. The van der Waals surface area contributed by atoms with Crippen molar-refractivity contribution >= 4 is 11.5 Å². The molecule has 0 bridgehead atoms. The van der Waals surface area contributed by atoms with E-state index in [-0.39, 0.29) is 0 Å². The Balaban J connectivity index is 1.40. The fraction of sp³-hybridized carbons (Fsp3) is 0.692. The molecule has 20 heavy (non-hydrogen) atoms. The van der Waals surface area contributed by atoms with Gasteiger partial charge >= 0.3 is 0 Å². The summed E-state index contributed by atoms with van der Waals surface area (Å²) in [7, 11) is 0. The van der Waals surface area contributed by atoms with E-state index in [1.165, 1.54) is 32.1 Å². The van der Waals surface area contributed by atoms with Crippen LogP contribution >= 0.6 is 0 Å². The van der Waals surface area contributed by atoms with E-state index in [9.17, 15) is 0 Å². The lowest BCUT2D eigenvalue weighted by Crippen LogP contribution is -2.32. The zero-order valence-corrected chi connectivity index (χ0v) is 11.6. The van der Waals surface area contributed by atoms with Crippen LogP contribution in [0.3, 0.4) is 0 Å². The summed E-state index contributed by atoms with van der Waals surface area (Å²) in [5.74, 6) is 0.838. The molecule has 0 atom stereocenters. The third kappa shape index (κ3) is 3.22. The first kappa shape index (κ1) is 13.2. The largest absolute Gasteiger partial charge is 0.369 e. The smallest absolute Gasteiger partial charge is 0.199 e. The first-order valence-electron chi connectivity index (χ1n) is 7.43. The molecule has 0 saturated heterocycles. The van der Waals surface area contributed by atoms with Gasteiger partial charge in [0.2, 0.25) is 0 Å². The van der Waals surface area contributed by atoms with E-state index < -0.39 is 0 Å². The van der Waals surface area contributed by atoms with Gasteiger partial charge in [0.15, 0.2) is 5.65 Å². The van der Waals surface area contributed by atoms with Gasteiger partial charge in [0.1, 0.15) is 5.82 Å². The molecule has 0 amide bonds. The Labute approximate surface area is 118 Å². The van der Waals surface area contributed by atoms with E-state index in [4.69, 9.17) is 0 Å². The van der Waals surface area contributed by atoms with Gasteiger partial charge < -0.3 is 10.6 Å². The number of aromatic nitrogens is 5. The minimum absolute atomic E-state index is 0.662. The van der Waals surface area contributed by atoms with E-state index in [2.05, 4.69) is 31.1 Å². The molecule has 7 nitrogen and oxygen atoms in total. The van der Waals surface area contributed by atoms with Crippen LogP contribution in [0.2, 0.25) is 0 Å². The van der Waals surface area contributed by atoms with Gasteiger partial charge in [-0.25, -0.2) is 0 Å². The number of nitrogens with zero attached hydrogens (tertiary/aromatic N) is 5. The van der Waals surface area contributed by atoms with Crippen molar-refractivity contribution < 1.29 is 0 Å². The van der Waals surface area contributed by atoms with Gasteiger partial charge in [0.05, 0.1) is 12.4 Å². The molecule has 0 aliphatic heterocycles. The molecule has 1 aliphatic carbocycles. The van der Waals surface area contributed by atoms with Crippen LogP contribution in [0.4, 0.5) is 5.82 Å². The summed E-state index contributed by atoms with van der Waals surface area (Å²) in [6.45, 7) is 1.94.